The number of benzene rings is 1. The molecule has 1 aliphatic carbocycles. The number of carbonyl (C=O) groups is 3. The van der Waals surface area contributed by atoms with Gasteiger partial charge >= 0.3 is 6.09 Å². The Morgan fingerprint density at radius 3 is 2.16 bits per heavy atom. The first-order chi connectivity index (χ1) is 17.7. The van der Waals surface area contributed by atoms with Crippen molar-refractivity contribution in [2.24, 2.45) is 5.92 Å². The largest absolute Gasteiger partial charge is 0.444 e. The molecule has 1 fully saturated rings. The van der Waals surface area contributed by atoms with Crippen LogP contribution in [0, 0.1) is 12.8 Å². The second-order valence-electron chi connectivity index (χ2n) is 12.5. The van der Waals surface area contributed by atoms with Gasteiger partial charge < -0.3 is 20.3 Å². The van der Waals surface area contributed by atoms with Crippen molar-refractivity contribution in [3.8, 4) is 0 Å². The lowest BCUT2D eigenvalue weighted by Crippen LogP contribution is -2.61. The Hall–Kier alpha value is -2.57. The van der Waals surface area contributed by atoms with Gasteiger partial charge in [0.2, 0.25) is 11.8 Å². The maximum atomic E-state index is 14.5. The molecular weight excluding hydrogens is 478 g/mol. The Morgan fingerprint density at radius 1 is 1.03 bits per heavy atom. The number of amides is 3. The molecule has 1 aromatic rings. The van der Waals surface area contributed by atoms with Gasteiger partial charge in [-0.2, -0.15) is 0 Å². The minimum Gasteiger partial charge on any atom is -0.444 e. The molecule has 0 heterocycles. The molecule has 0 spiro atoms. The van der Waals surface area contributed by atoms with Gasteiger partial charge in [0.25, 0.3) is 0 Å². The quantitative estimate of drug-likeness (QED) is 0.365. The zero-order valence-corrected chi connectivity index (χ0v) is 25.1. The lowest BCUT2D eigenvalue weighted by molar-refractivity contribution is -0.150. The van der Waals surface area contributed by atoms with Gasteiger partial charge in [0.05, 0.1) is 0 Å². The molecule has 214 valence electrons. The van der Waals surface area contributed by atoms with E-state index in [-0.39, 0.29) is 23.8 Å². The molecule has 0 aliphatic heterocycles. The van der Waals surface area contributed by atoms with E-state index < -0.39 is 29.3 Å². The molecule has 1 saturated carbocycles. The van der Waals surface area contributed by atoms with E-state index in [1.807, 2.05) is 65.8 Å². The van der Waals surface area contributed by atoms with Crippen LogP contribution in [0.4, 0.5) is 4.79 Å². The summed E-state index contributed by atoms with van der Waals surface area (Å²) in [5.41, 5.74) is 0.394. The standard InChI is InChI=1S/C31H51N3O4/c1-10-21(3)25(33-29(37)38-30(5,6)7)28(36)34(31(8,9)11-2)26(24-20-16-15-17-22(24)4)27(35)32-23-18-13-12-14-19-23/h15-17,20-21,23,25-26H,10-14,18-19H2,1-9H3,(H,32,35)(H,33,37). The Kier molecular flexibility index (Phi) is 11.2. The van der Waals surface area contributed by atoms with E-state index in [1.54, 1.807) is 25.7 Å². The lowest BCUT2D eigenvalue weighted by Gasteiger charge is -2.46. The maximum absolute atomic E-state index is 14.5. The van der Waals surface area contributed by atoms with Crippen LogP contribution in [0.15, 0.2) is 24.3 Å². The summed E-state index contributed by atoms with van der Waals surface area (Å²) in [6.07, 6.45) is 5.96. The Morgan fingerprint density at radius 2 is 1.63 bits per heavy atom. The number of carbonyl (C=O) groups excluding carboxylic acids is 3. The molecule has 0 bridgehead atoms. The highest BCUT2D eigenvalue weighted by molar-refractivity contribution is 5.93. The molecule has 38 heavy (non-hydrogen) atoms. The topological polar surface area (TPSA) is 87.7 Å². The van der Waals surface area contributed by atoms with E-state index >= 15 is 0 Å². The van der Waals surface area contributed by atoms with Crippen molar-refractivity contribution in [2.45, 2.75) is 137 Å². The van der Waals surface area contributed by atoms with Gasteiger partial charge in [-0.25, -0.2) is 4.79 Å². The molecule has 0 aromatic heterocycles. The van der Waals surface area contributed by atoms with Crippen LogP contribution in [-0.4, -0.2) is 46.0 Å². The SMILES string of the molecule is CCC(C)C(NC(=O)OC(C)(C)C)C(=O)N(C(C(=O)NC1CCCCC1)c1ccccc1C)C(C)(C)CC. The van der Waals surface area contributed by atoms with Crippen molar-refractivity contribution in [3.05, 3.63) is 35.4 Å². The molecule has 1 aliphatic rings. The average molecular weight is 530 g/mol. The number of nitrogens with zero attached hydrogens (tertiary/aromatic N) is 1. The summed E-state index contributed by atoms with van der Waals surface area (Å²) in [5.74, 6) is -0.602. The summed E-state index contributed by atoms with van der Waals surface area (Å²) >= 11 is 0. The highest BCUT2D eigenvalue weighted by Gasteiger charge is 2.44. The van der Waals surface area contributed by atoms with E-state index in [4.69, 9.17) is 4.74 Å². The first kappa shape index (κ1) is 31.6. The molecule has 2 N–H and O–H groups in total. The van der Waals surface area contributed by atoms with Crippen LogP contribution >= 0.6 is 0 Å². The van der Waals surface area contributed by atoms with Crippen molar-refractivity contribution in [1.82, 2.24) is 15.5 Å². The van der Waals surface area contributed by atoms with Crippen LogP contribution < -0.4 is 10.6 Å². The number of ether oxygens (including phenoxy) is 1. The first-order valence-electron chi connectivity index (χ1n) is 14.4. The fourth-order valence-corrected chi connectivity index (χ4v) is 5.03. The molecule has 7 heteroatoms. The highest BCUT2D eigenvalue weighted by atomic mass is 16.6. The van der Waals surface area contributed by atoms with Crippen molar-refractivity contribution >= 4 is 17.9 Å². The zero-order chi connectivity index (χ0) is 28.7. The van der Waals surface area contributed by atoms with Gasteiger partial charge in [-0.05, 0) is 77.8 Å². The van der Waals surface area contributed by atoms with Crippen LogP contribution in [0.2, 0.25) is 0 Å². The number of hydrogen-bond donors (Lipinski definition) is 2. The number of rotatable bonds is 10. The second-order valence-corrected chi connectivity index (χ2v) is 12.5. The average Bonchev–Trinajstić information content (AvgIpc) is 2.85. The minimum absolute atomic E-state index is 0.106. The van der Waals surface area contributed by atoms with Crippen molar-refractivity contribution in [1.29, 1.82) is 0 Å². The van der Waals surface area contributed by atoms with E-state index in [1.165, 1.54) is 6.42 Å². The summed E-state index contributed by atoms with van der Waals surface area (Å²) in [5, 5.41) is 6.14. The molecule has 3 atom stereocenters. The van der Waals surface area contributed by atoms with Gasteiger partial charge in [-0.3, -0.25) is 9.59 Å². The monoisotopic (exact) mass is 529 g/mol. The van der Waals surface area contributed by atoms with E-state index in [2.05, 4.69) is 10.6 Å². The normalized spacial score (nSPS) is 17.2. The molecule has 3 unspecified atom stereocenters. The van der Waals surface area contributed by atoms with Crippen LogP contribution in [0.5, 0.6) is 0 Å². The van der Waals surface area contributed by atoms with Gasteiger partial charge in [-0.15, -0.1) is 0 Å². The van der Waals surface area contributed by atoms with Gasteiger partial charge in [0, 0.05) is 11.6 Å². The molecule has 3 amide bonds. The summed E-state index contributed by atoms with van der Waals surface area (Å²) in [6.45, 7) is 17.3. The van der Waals surface area contributed by atoms with Crippen LogP contribution in [0.25, 0.3) is 0 Å². The van der Waals surface area contributed by atoms with Crippen LogP contribution in [-0.2, 0) is 14.3 Å². The number of nitrogens with one attached hydrogen (secondary N) is 2. The molecule has 7 nitrogen and oxygen atoms in total. The fraction of sp³-hybridized carbons (Fsp3) is 0.710. The molecule has 0 saturated heterocycles. The summed E-state index contributed by atoms with van der Waals surface area (Å²) in [7, 11) is 0. The second kappa shape index (κ2) is 13.5. The van der Waals surface area contributed by atoms with E-state index in [9.17, 15) is 14.4 Å². The van der Waals surface area contributed by atoms with Crippen LogP contribution in [0.3, 0.4) is 0 Å². The Bertz CT molecular complexity index is 947. The van der Waals surface area contributed by atoms with E-state index in [0.717, 1.165) is 36.8 Å². The smallest absolute Gasteiger partial charge is 0.408 e. The number of alkyl carbamates (subject to hydrolysis) is 1. The van der Waals surface area contributed by atoms with Crippen molar-refractivity contribution in [2.75, 3.05) is 0 Å². The summed E-state index contributed by atoms with van der Waals surface area (Å²) in [6, 6.07) is 6.21. The van der Waals surface area contributed by atoms with E-state index in [0.29, 0.717) is 12.8 Å². The van der Waals surface area contributed by atoms with Crippen molar-refractivity contribution in [3.63, 3.8) is 0 Å². The van der Waals surface area contributed by atoms with Crippen LogP contribution in [0.1, 0.15) is 118 Å². The number of hydrogen-bond acceptors (Lipinski definition) is 4. The molecule has 0 radical (unpaired) electrons. The Labute approximate surface area is 230 Å². The third kappa shape index (κ3) is 8.47. The van der Waals surface area contributed by atoms with Gasteiger partial charge in [-0.1, -0.05) is 70.7 Å². The molecule has 1 aromatic carbocycles. The van der Waals surface area contributed by atoms with Gasteiger partial charge in [0.1, 0.15) is 17.7 Å². The lowest BCUT2D eigenvalue weighted by atomic mass is 9.88. The summed E-state index contributed by atoms with van der Waals surface area (Å²) < 4.78 is 5.52. The summed E-state index contributed by atoms with van der Waals surface area (Å²) in [4.78, 5) is 43.2. The van der Waals surface area contributed by atoms with Gasteiger partial charge in [0.15, 0.2) is 0 Å². The number of aryl methyl sites for hydroxylation is 1. The predicted octanol–water partition coefficient (Wildman–Crippen LogP) is 6.44. The third-order valence-corrected chi connectivity index (χ3v) is 7.85. The predicted molar refractivity (Wildman–Crippen MR) is 153 cm³/mol. The van der Waals surface area contributed by atoms with Crippen molar-refractivity contribution < 1.29 is 19.1 Å². The molecular formula is C31H51N3O4. The Balaban J connectivity index is 2.59. The fourth-order valence-electron chi connectivity index (χ4n) is 5.03. The molecule has 2 rings (SSSR count). The maximum Gasteiger partial charge on any atom is 0.408 e. The first-order valence-corrected chi connectivity index (χ1v) is 14.4. The zero-order valence-electron chi connectivity index (χ0n) is 25.1. The minimum atomic E-state index is -0.838. The third-order valence-electron chi connectivity index (χ3n) is 7.85. The highest BCUT2D eigenvalue weighted by Crippen LogP contribution is 2.35.